The van der Waals surface area contributed by atoms with Gasteiger partial charge in [0, 0.05) is 4.70 Å². The van der Waals surface area contributed by atoms with E-state index in [1.807, 2.05) is 6.07 Å². The maximum atomic E-state index is 5.93. The topological polar surface area (TPSA) is 0 Å². The summed E-state index contributed by atoms with van der Waals surface area (Å²) in [6, 6.07) is 8.64. The minimum Gasteiger partial charge on any atom is -0.123 e. The maximum Gasteiger partial charge on any atom is 0.0940 e. The van der Waals surface area contributed by atoms with Gasteiger partial charge in [-0.15, -0.1) is 11.3 Å². The highest BCUT2D eigenvalue weighted by Gasteiger charge is 2.00. The Hall–Kier alpha value is -0.530. The van der Waals surface area contributed by atoms with E-state index in [0.29, 0.717) is 0 Å². The lowest BCUT2D eigenvalue weighted by molar-refractivity contribution is 0.924. The Kier molecular flexibility index (Phi) is 2.56. The van der Waals surface area contributed by atoms with Crippen LogP contribution in [-0.2, 0) is 6.42 Å². The first-order valence-corrected chi connectivity index (χ1v) is 5.67. The summed E-state index contributed by atoms with van der Waals surface area (Å²) in [5, 5.41) is 1.28. The van der Waals surface area contributed by atoms with E-state index in [0.717, 1.165) is 10.8 Å². The van der Waals surface area contributed by atoms with E-state index in [1.165, 1.54) is 22.1 Å². The fourth-order valence-corrected chi connectivity index (χ4v) is 2.64. The van der Waals surface area contributed by atoms with Gasteiger partial charge in [0.1, 0.15) is 0 Å². The smallest absolute Gasteiger partial charge is 0.0940 e. The van der Waals surface area contributed by atoms with Crippen LogP contribution in [0.2, 0.25) is 4.34 Å². The summed E-state index contributed by atoms with van der Waals surface area (Å²) < 4.78 is 2.16. The SMILES string of the molecule is CCCc1ccc2sc(Cl)cc2c1. The maximum absolute atomic E-state index is 5.93. The van der Waals surface area contributed by atoms with E-state index in [2.05, 4.69) is 25.1 Å². The molecule has 0 bridgehead atoms. The average molecular weight is 211 g/mol. The molecule has 0 fully saturated rings. The summed E-state index contributed by atoms with van der Waals surface area (Å²) in [4.78, 5) is 0. The molecule has 1 aromatic carbocycles. The number of thiophene rings is 1. The van der Waals surface area contributed by atoms with Crippen LogP contribution in [0.15, 0.2) is 24.3 Å². The average Bonchev–Trinajstić information content (AvgIpc) is 2.44. The molecule has 1 heterocycles. The van der Waals surface area contributed by atoms with Crippen LogP contribution < -0.4 is 0 Å². The van der Waals surface area contributed by atoms with E-state index in [1.54, 1.807) is 11.3 Å². The zero-order chi connectivity index (χ0) is 9.26. The van der Waals surface area contributed by atoms with Crippen LogP contribution in [0.4, 0.5) is 0 Å². The Bertz CT molecular complexity index is 417. The molecule has 0 aliphatic carbocycles. The second-order valence-electron chi connectivity index (χ2n) is 3.17. The first kappa shape index (κ1) is 9.04. The molecule has 0 radical (unpaired) electrons. The highest BCUT2D eigenvalue weighted by Crippen LogP contribution is 2.29. The Morgan fingerprint density at radius 3 is 2.92 bits per heavy atom. The van der Waals surface area contributed by atoms with Gasteiger partial charge in [0.2, 0.25) is 0 Å². The van der Waals surface area contributed by atoms with Gasteiger partial charge in [0.25, 0.3) is 0 Å². The molecule has 2 aromatic rings. The normalized spacial score (nSPS) is 10.9. The van der Waals surface area contributed by atoms with Gasteiger partial charge >= 0.3 is 0 Å². The van der Waals surface area contributed by atoms with E-state index in [4.69, 9.17) is 11.6 Å². The molecule has 0 atom stereocenters. The molecule has 0 aliphatic heterocycles. The number of aryl methyl sites for hydroxylation is 1. The minimum atomic E-state index is 0.878. The van der Waals surface area contributed by atoms with E-state index in [9.17, 15) is 0 Å². The van der Waals surface area contributed by atoms with Crippen LogP contribution in [0, 0.1) is 0 Å². The van der Waals surface area contributed by atoms with Crippen molar-refractivity contribution < 1.29 is 0 Å². The van der Waals surface area contributed by atoms with E-state index >= 15 is 0 Å². The fraction of sp³-hybridized carbons (Fsp3) is 0.273. The number of fused-ring (bicyclic) bond motifs is 1. The monoisotopic (exact) mass is 210 g/mol. The Morgan fingerprint density at radius 2 is 2.15 bits per heavy atom. The van der Waals surface area contributed by atoms with Crippen molar-refractivity contribution in [3.63, 3.8) is 0 Å². The molecule has 1 aromatic heterocycles. The second kappa shape index (κ2) is 3.69. The van der Waals surface area contributed by atoms with Crippen LogP contribution >= 0.6 is 22.9 Å². The molecule has 0 nitrogen and oxygen atoms in total. The Labute approximate surface area is 87.2 Å². The van der Waals surface area contributed by atoms with E-state index in [-0.39, 0.29) is 0 Å². The lowest BCUT2D eigenvalue weighted by Gasteiger charge is -1.97. The largest absolute Gasteiger partial charge is 0.123 e. The summed E-state index contributed by atoms with van der Waals surface area (Å²) in [7, 11) is 0. The van der Waals surface area contributed by atoms with Crippen molar-refractivity contribution >= 4 is 33.0 Å². The van der Waals surface area contributed by atoms with Crippen LogP contribution in [0.25, 0.3) is 10.1 Å². The van der Waals surface area contributed by atoms with Crippen molar-refractivity contribution in [3.8, 4) is 0 Å². The molecule has 2 rings (SSSR count). The molecular formula is C11H11ClS. The van der Waals surface area contributed by atoms with Crippen molar-refractivity contribution in [1.82, 2.24) is 0 Å². The molecule has 2 heteroatoms. The predicted molar refractivity (Wildman–Crippen MR) is 60.8 cm³/mol. The minimum absolute atomic E-state index is 0.878. The third-order valence-electron chi connectivity index (χ3n) is 2.09. The van der Waals surface area contributed by atoms with Gasteiger partial charge in [-0.3, -0.25) is 0 Å². The first-order chi connectivity index (χ1) is 6.29. The number of benzene rings is 1. The van der Waals surface area contributed by atoms with Crippen molar-refractivity contribution in [2.75, 3.05) is 0 Å². The third-order valence-corrected chi connectivity index (χ3v) is 3.33. The van der Waals surface area contributed by atoms with E-state index < -0.39 is 0 Å². The lowest BCUT2D eigenvalue weighted by Crippen LogP contribution is -1.80. The van der Waals surface area contributed by atoms with Crippen LogP contribution in [0.1, 0.15) is 18.9 Å². The fourth-order valence-electron chi connectivity index (χ4n) is 1.50. The van der Waals surface area contributed by atoms with Crippen LogP contribution in [0.5, 0.6) is 0 Å². The Balaban J connectivity index is 2.48. The predicted octanol–water partition coefficient (Wildman–Crippen LogP) is 4.51. The molecule has 68 valence electrons. The molecule has 0 N–H and O–H groups in total. The molecule has 0 aliphatic rings. The highest BCUT2D eigenvalue weighted by atomic mass is 35.5. The van der Waals surface area contributed by atoms with Gasteiger partial charge in [-0.2, -0.15) is 0 Å². The molecule has 0 saturated carbocycles. The molecular weight excluding hydrogens is 200 g/mol. The molecule has 13 heavy (non-hydrogen) atoms. The lowest BCUT2D eigenvalue weighted by atomic mass is 10.1. The Morgan fingerprint density at radius 1 is 1.31 bits per heavy atom. The van der Waals surface area contributed by atoms with Gasteiger partial charge in [0.15, 0.2) is 0 Å². The van der Waals surface area contributed by atoms with Gasteiger partial charge in [-0.05, 0) is 29.5 Å². The zero-order valence-corrected chi connectivity index (χ0v) is 9.08. The van der Waals surface area contributed by atoms with Gasteiger partial charge in [0.05, 0.1) is 4.34 Å². The summed E-state index contributed by atoms with van der Waals surface area (Å²) in [5.41, 5.74) is 1.41. The summed E-state index contributed by atoms with van der Waals surface area (Å²) in [5.74, 6) is 0. The first-order valence-electron chi connectivity index (χ1n) is 4.47. The van der Waals surface area contributed by atoms with Crippen LogP contribution in [0.3, 0.4) is 0 Å². The molecule has 0 saturated heterocycles. The standard InChI is InChI=1S/C11H11ClS/c1-2-3-8-4-5-10-9(6-8)7-11(12)13-10/h4-7H,2-3H2,1H3. The van der Waals surface area contributed by atoms with Gasteiger partial charge in [-0.25, -0.2) is 0 Å². The second-order valence-corrected chi connectivity index (χ2v) is 4.89. The number of rotatable bonds is 2. The zero-order valence-electron chi connectivity index (χ0n) is 7.51. The number of hydrogen-bond acceptors (Lipinski definition) is 1. The van der Waals surface area contributed by atoms with Crippen LogP contribution in [-0.4, -0.2) is 0 Å². The summed E-state index contributed by atoms with van der Waals surface area (Å²) >= 11 is 7.58. The third kappa shape index (κ3) is 1.87. The summed E-state index contributed by atoms with van der Waals surface area (Å²) in [6.45, 7) is 2.20. The highest BCUT2D eigenvalue weighted by molar-refractivity contribution is 7.22. The van der Waals surface area contributed by atoms with Gasteiger partial charge < -0.3 is 0 Å². The van der Waals surface area contributed by atoms with Crippen molar-refractivity contribution in [1.29, 1.82) is 0 Å². The van der Waals surface area contributed by atoms with Crippen molar-refractivity contribution in [3.05, 3.63) is 34.2 Å². The van der Waals surface area contributed by atoms with Gasteiger partial charge in [-0.1, -0.05) is 37.1 Å². The summed E-state index contributed by atoms with van der Waals surface area (Å²) in [6.07, 6.45) is 2.35. The quantitative estimate of drug-likeness (QED) is 0.685. The molecule has 0 spiro atoms. The number of halogens is 1. The molecule has 0 amide bonds. The van der Waals surface area contributed by atoms with Crippen molar-refractivity contribution in [2.24, 2.45) is 0 Å². The molecule has 0 unspecified atom stereocenters. The number of hydrogen-bond donors (Lipinski definition) is 0. The van der Waals surface area contributed by atoms with Crippen molar-refractivity contribution in [2.45, 2.75) is 19.8 Å².